The number of hydrogen-bond acceptors (Lipinski definition) is 5. The monoisotopic (exact) mass is 430 g/mol. The third-order valence-corrected chi connectivity index (χ3v) is 7.69. The number of piperidine rings is 2. The summed E-state index contributed by atoms with van der Waals surface area (Å²) in [7, 11) is 0. The third kappa shape index (κ3) is 4.02. The average Bonchev–Trinajstić information content (AvgIpc) is 3.07. The molecule has 2 fully saturated rings. The van der Waals surface area contributed by atoms with E-state index in [1.807, 2.05) is 16.7 Å². The summed E-state index contributed by atoms with van der Waals surface area (Å²) in [6.07, 6.45) is 5.61. The SMILES string of the molecule is Cc1c(C(=O)N2CCC(C)CC2)sc2ncn(CC(=O)N3CCCC(C)C3)c(=O)c12. The Labute approximate surface area is 180 Å². The summed E-state index contributed by atoms with van der Waals surface area (Å²) in [5, 5.41) is 0.469. The van der Waals surface area contributed by atoms with Crippen LogP contribution < -0.4 is 5.56 Å². The number of rotatable bonds is 3. The zero-order valence-electron chi connectivity index (χ0n) is 18.0. The van der Waals surface area contributed by atoms with Crippen molar-refractivity contribution in [2.24, 2.45) is 11.8 Å². The van der Waals surface area contributed by atoms with Crippen molar-refractivity contribution in [1.82, 2.24) is 19.4 Å². The van der Waals surface area contributed by atoms with Crippen LogP contribution in [0.3, 0.4) is 0 Å². The van der Waals surface area contributed by atoms with E-state index in [2.05, 4.69) is 18.8 Å². The van der Waals surface area contributed by atoms with Crippen molar-refractivity contribution in [1.29, 1.82) is 0 Å². The van der Waals surface area contributed by atoms with Crippen molar-refractivity contribution >= 4 is 33.4 Å². The van der Waals surface area contributed by atoms with Crippen LogP contribution in [0.4, 0.5) is 0 Å². The molecule has 4 rings (SSSR count). The molecule has 1 unspecified atom stereocenters. The van der Waals surface area contributed by atoms with Gasteiger partial charge < -0.3 is 9.80 Å². The van der Waals surface area contributed by atoms with Crippen molar-refractivity contribution in [2.45, 2.75) is 53.0 Å². The first-order chi connectivity index (χ1) is 14.3. The summed E-state index contributed by atoms with van der Waals surface area (Å²) in [4.78, 5) is 48.2. The molecule has 0 bridgehead atoms. The van der Waals surface area contributed by atoms with Gasteiger partial charge in [0.1, 0.15) is 11.4 Å². The summed E-state index contributed by atoms with van der Waals surface area (Å²) in [5.74, 6) is 1.08. The fourth-order valence-electron chi connectivity index (χ4n) is 4.49. The number of fused-ring (bicyclic) bond motifs is 1. The molecule has 1 atom stereocenters. The van der Waals surface area contributed by atoms with Gasteiger partial charge in [-0.2, -0.15) is 0 Å². The van der Waals surface area contributed by atoms with Crippen LogP contribution in [-0.4, -0.2) is 57.3 Å². The van der Waals surface area contributed by atoms with Gasteiger partial charge in [0.05, 0.1) is 16.6 Å². The molecule has 4 heterocycles. The summed E-state index contributed by atoms with van der Waals surface area (Å²) < 4.78 is 1.39. The van der Waals surface area contributed by atoms with Crippen LogP contribution in [0.2, 0.25) is 0 Å². The third-order valence-electron chi connectivity index (χ3n) is 6.50. The van der Waals surface area contributed by atoms with E-state index in [9.17, 15) is 14.4 Å². The Morgan fingerprint density at radius 1 is 1.10 bits per heavy atom. The largest absolute Gasteiger partial charge is 0.341 e. The van der Waals surface area contributed by atoms with Gasteiger partial charge in [-0.1, -0.05) is 13.8 Å². The van der Waals surface area contributed by atoms with Crippen LogP contribution >= 0.6 is 11.3 Å². The lowest BCUT2D eigenvalue weighted by Crippen LogP contribution is -2.42. The van der Waals surface area contributed by atoms with E-state index in [0.29, 0.717) is 32.5 Å². The molecule has 2 aromatic heterocycles. The van der Waals surface area contributed by atoms with Gasteiger partial charge in [0.15, 0.2) is 0 Å². The van der Waals surface area contributed by atoms with Crippen LogP contribution in [-0.2, 0) is 11.3 Å². The maximum atomic E-state index is 13.1. The number of thiophene rings is 1. The van der Waals surface area contributed by atoms with Crippen molar-refractivity contribution in [3.05, 3.63) is 27.1 Å². The molecule has 0 saturated carbocycles. The molecule has 0 N–H and O–H groups in total. The number of aromatic nitrogens is 2. The topological polar surface area (TPSA) is 75.5 Å². The zero-order chi connectivity index (χ0) is 21.4. The molecule has 2 aliphatic heterocycles. The standard InChI is InChI=1S/C22H30N4O3S/c1-14-6-9-24(10-7-14)22(29)19-16(3)18-20(30-19)23-13-26(21(18)28)12-17(27)25-8-4-5-15(2)11-25/h13-15H,4-12H2,1-3H3. The Morgan fingerprint density at radius 2 is 1.83 bits per heavy atom. The Morgan fingerprint density at radius 3 is 2.53 bits per heavy atom. The highest BCUT2D eigenvalue weighted by Crippen LogP contribution is 2.29. The van der Waals surface area contributed by atoms with E-state index in [4.69, 9.17) is 0 Å². The van der Waals surface area contributed by atoms with Gasteiger partial charge in [-0.05, 0) is 50.0 Å². The second-order valence-electron chi connectivity index (χ2n) is 8.98. The van der Waals surface area contributed by atoms with E-state index in [1.54, 1.807) is 0 Å². The Balaban J connectivity index is 1.58. The van der Waals surface area contributed by atoms with E-state index < -0.39 is 0 Å². The average molecular weight is 431 g/mol. The number of nitrogens with zero attached hydrogens (tertiary/aromatic N) is 4. The van der Waals surface area contributed by atoms with Crippen molar-refractivity contribution in [3.63, 3.8) is 0 Å². The summed E-state index contributed by atoms with van der Waals surface area (Å²) >= 11 is 1.29. The second kappa shape index (κ2) is 8.49. The lowest BCUT2D eigenvalue weighted by Gasteiger charge is -2.31. The normalized spacial score (nSPS) is 20.7. The zero-order valence-corrected chi connectivity index (χ0v) is 18.8. The molecule has 0 aliphatic carbocycles. The molecule has 0 aromatic carbocycles. The van der Waals surface area contributed by atoms with Crippen molar-refractivity contribution in [3.8, 4) is 0 Å². The highest BCUT2D eigenvalue weighted by molar-refractivity contribution is 7.20. The van der Waals surface area contributed by atoms with Gasteiger partial charge in [0.2, 0.25) is 5.91 Å². The van der Waals surface area contributed by atoms with Crippen LogP contribution in [0.15, 0.2) is 11.1 Å². The molecule has 0 spiro atoms. The van der Waals surface area contributed by atoms with Crippen LogP contribution in [0.25, 0.3) is 10.2 Å². The molecular weight excluding hydrogens is 400 g/mol. The van der Waals surface area contributed by atoms with Gasteiger partial charge >= 0.3 is 0 Å². The molecule has 162 valence electrons. The minimum atomic E-state index is -0.238. The Hall–Kier alpha value is -2.22. The smallest absolute Gasteiger partial charge is 0.264 e. The number of aryl methyl sites for hydroxylation is 1. The first-order valence-corrected chi connectivity index (χ1v) is 11.7. The molecule has 2 aromatic rings. The first-order valence-electron chi connectivity index (χ1n) is 10.9. The fraction of sp³-hybridized carbons (Fsp3) is 0.636. The first kappa shape index (κ1) is 21.0. The summed E-state index contributed by atoms with van der Waals surface area (Å²) in [5.41, 5.74) is 0.447. The van der Waals surface area contributed by atoms with Crippen LogP contribution in [0.1, 0.15) is 54.8 Å². The van der Waals surface area contributed by atoms with Gasteiger partial charge in [-0.25, -0.2) is 4.98 Å². The number of carbonyl (C=O) groups excluding carboxylic acids is 2. The van der Waals surface area contributed by atoms with E-state index in [-0.39, 0.29) is 23.9 Å². The molecule has 2 saturated heterocycles. The van der Waals surface area contributed by atoms with Crippen LogP contribution in [0, 0.1) is 18.8 Å². The molecule has 2 aliphatic rings. The van der Waals surface area contributed by atoms with Crippen molar-refractivity contribution < 1.29 is 9.59 Å². The highest BCUT2D eigenvalue weighted by atomic mass is 32.1. The predicted molar refractivity (Wildman–Crippen MR) is 118 cm³/mol. The molecule has 7 nitrogen and oxygen atoms in total. The lowest BCUT2D eigenvalue weighted by molar-refractivity contribution is -0.133. The minimum Gasteiger partial charge on any atom is -0.341 e. The Bertz CT molecular complexity index is 1020. The predicted octanol–water partition coefficient (Wildman–Crippen LogP) is 2.90. The number of likely N-dealkylation sites (tertiary alicyclic amines) is 2. The van der Waals surface area contributed by atoms with E-state index in [1.165, 1.54) is 22.2 Å². The fourth-order valence-corrected chi connectivity index (χ4v) is 5.60. The van der Waals surface area contributed by atoms with E-state index in [0.717, 1.165) is 51.9 Å². The summed E-state index contributed by atoms with van der Waals surface area (Å²) in [6.45, 7) is 9.19. The van der Waals surface area contributed by atoms with Crippen molar-refractivity contribution in [2.75, 3.05) is 26.2 Å². The number of hydrogen-bond donors (Lipinski definition) is 0. The van der Waals surface area contributed by atoms with E-state index >= 15 is 0 Å². The van der Waals surface area contributed by atoms with Gasteiger partial charge in [-0.15, -0.1) is 11.3 Å². The number of carbonyl (C=O) groups is 2. The number of amides is 2. The lowest BCUT2D eigenvalue weighted by atomic mass is 9.99. The van der Waals surface area contributed by atoms with Crippen LogP contribution in [0.5, 0.6) is 0 Å². The molecule has 2 amide bonds. The minimum absolute atomic E-state index is 0.00290. The Kier molecular flexibility index (Phi) is 5.95. The highest BCUT2D eigenvalue weighted by Gasteiger charge is 2.27. The van der Waals surface area contributed by atoms with Gasteiger partial charge in [-0.3, -0.25) is 19.0 Å². The van der Waals surface area contributed by atoms with Gasteiger partial charge in [0, 0.05) is 26.2 Å². The summed E-state index contributed by atoms with van der Waals surface area (Å²) in [6, 6.07) is 0. The molecule has 0 radical (unpaired) electrons. The maximum Gasteiger partial charge on any atom is 0.264 e. The second-order valence-corrected chi connectivity index (χ2v) is 9.97. The molecular formula is C22H30N4O3S. The maximum absolute atomic E-state index is 13.1. The quantitative estimate of drug-likeness (QED) is 0.750. The molecule has 8 heteroatoms. The molecule has 30 heavy (non-hydrogen) atoms. The van der Waals surface area contributed by atoms with Gasteiger partial charge in [0.25, 0.3) is 11.5 Å².